The van der Waals surface area contributed by atoms with Crippen LogP contribution < -0.4 is 0 Å². The van der Waals surface area contributed by atoms with Gasteiger partial charge in [0.2, 0.25) is 0 Å². The SMILES string of the molecule is C[Si](C)(C)O.C[Si](C)(C)O.C[Si](C)(C)O.[Y]. The van der Waals surface area contributed by atoms with Crippen LogP contribution in [0.1, 0.15) is 0 Å². The summed E-state index contributed by atoms with van der Waals surface area (Å²) >= 11 is 0. The fourth-order valence-electron chi connectivity index (χ4n) is 0. The maximum Gasteiger partial charge on any atom is 0.179 e. The van der Waals surface area contributed by atoms with Gasteiger partial charge in [0.05, 0.1) is 0 Å². The van der Waals surface area contributed by atoms with E-state index in [0.717, 1.165) is 0 Å². The molecular weight excluding hydrogens is 329 g/mol. The van der Waals surface area contributed by atoms with Gasteiger partial charge in [-0.25, -0.2) is 0 Å². The van der Waals surface area contributed by atoms with Gasteiger partial charge in [0, 0.05) is 32.7 Å². The molecule has 99 valence electrons. The third-order valence-corrected chi connectivity index (χ3v) is 0. The number of rotatable bonds is 0. The second-order valence-corrected chi connectivity index (χ2v) is 19.5. The molecule has 0 aliphatic heterocycles. The Morgan fingerprint density at radius 2 is 0.438 bits per heavy atom. The van der Waals surface area contributed by atoms with Crippen molar-refractivity contribution in [1.29, 1.82) is 0 Å². The topological polar surface area (TPSA) is 60.7 Å². The van der Waals surface area contributed by atoms with Gasteiger partial charge in [0.25, 0.3) is 0 Å². The molecule has 0 aromatic carbocycles. The Labute approximate surface area is 130 Å². The fourth-order valence-corrected chi connectivity index (χ4v) is 0. The van der Waals surface area contributed by atoms with E-state index in [9.17, 15) is 0 Å². The van der Waals surface area contributed by atoms with Crippen molar-refractivity contribution in [2.45, 2.75) is 58.9 Å². The van der Waals surface area contributed by atoms with Crippen LogP contribution in [0.4, 0.5) is 0 Å². The molecule has 0 saturated heterocycles. The smallest absolute Gasteiger partial charge is 0.179 e. The van der Waals surface area contributed by atoms with Gasteiger partial charge in [0.1, 0.15) is 0 Å². The van der Waals surface area contributed by atoms with Crippen molar-refractivity contribution in [3.63, 3.8) is 0 Å². The molecule has 0 atom stereocenters. The van der Waals surface area contributed by atoms with E-state index < -0.39 is 25.0 Å². The molecule has 0 aliphatic rings. The molecule has 3 nitrogen and oxygen atoms in total. The fraction of sp³-hybridized carbons (Fsp3) is 1.00. The zero-order valence-corrected chi connectivity index (χ0v) is 18.3. The van der Waals surface area contributed by atoms with E-state index in [-0.39, 0.29) is 32.7 Å². The van der Waals surface area contributed by atoms with Crippen molar-refractivity contribution in [3.05, 3.63) is 0 Å². The molecule has 0 unspecified atom stereocenters. The minimum absolute atomic E-state index is 0. The van der Waals surface area contributed by atoms with E-state index in [2.05, 4.69) is 0 Å². The first kappa shape index (κ1) is 26.2. The first-order valence-electron chi connectivity index (χ1n) is 5.17. The van der Waals surface area contributed by atoms with Crippen LogP contribution in [-0.2, 0) is 32.7 Å². The van der Waals surface area contributed by atoms with Gasteiger partial charge in [-0.15, -0.1) is 0 Å². The zero-order chi connectivity index (χ0) is 13.5. The molecule has 1 radical (unpaired) electrons. The molecule has 3 N–H and O–H groups in total. The Morgan fingerprint density at radius 3 is 0.438 bits per heavy atom. The van der Waals surface area contributed by atoms with E-state index >= 15 is 0 Å². The third-order valence-electron chi connectivity index (χ3n) is 0. The minimum Gasteiger partial charge on any atom is -0.433 e. The predicted octanol–water partition coefficient (Wildman–Crippen LogP) is 2.44. The van der Waals surface area contributed by atoms with Crippen LogP contribution in [0.25, 0.3) is 0 Å². The van der Waals surface area contributed by atoms with Crippen molar-refractivity contribution in [1.82, 2.24) is 0 Å². The average Bonchev–Trinajstić information content (AvgIpc) is 1.41. The molecule has 7 heteroatoms. The summed E-state index contributed by atoms with van der Waals surface area (Å²) in [5.41, 5.74) is 0. The maximum absolute atomic E-state index is 8.66. The molecule has 0 fully saturated rings. The molecule has 16 heavy (non-hydrogen) atoms. The standard InChI is InChI=1S/3C3H10OSi.Y/c3*1-5(2,3)4;/h3*4H,1-3H3;. The van der Waals surface area contributed by atoms with E-state index in [4.69, 9.17) is 14.4 Å². The van der Waals surface area contributed by atoms with Crippen LogP contribution in [-0.4, -0.2) is 39.3 Å². The van der Waals surface area contributed by atoms with Crippen LogP contribution >= 0.6 is 0 Å². The summed E-state index contributed by atoms with van der Waals surface area (Å²) in [5.74, 6) is 0. The van der Waals surface area contributed by atoms with Crippen LogP contribution in [0.3, 0.4) is 0 Å². The Hall–Kier alpha value is 1.63. The molecule has 0 rings (SSSR count). The molecule has 0 bridgehead atoms. The van der Waals surface area contributed by atoms with Gasteiger partial charge in [-0.05, 0) is 58.9 Å². The summed E-state index contributed by atoms with van der Waals surface area (Å²) in [6, 6.07) is 0. The first-order valence-corrected chi connectivity index (χ1v) is 15.5. The summed E-state index contributed by atoms with van der Waals surface area (Å²) in [4.78, 5) is 26.0. The summed E-state index contributed by atoms with van der Waals surface area (Å²) in [6.45, 7) is 16.9. The van der Waals surface area contributed by atoms with Gasteiger partial charge in [-0.1, -0.05) is 0 Å². The third kappa shape index (κ3) is 1250. The van der Waals surface area contributed by atoms with Gasteiger partial charge in [-0.3, -0.25) is 0 Å². The van der Waals surface area contributed by atoms with E-state index in [1.807, 2.05) is 58.9 Å². The maximum atomic E-state index is 8.66. The molecule has 0 heterocycles. The quantitative estimate of drug-likeness (QED) is 0.582. The summed E-state index contributed by atoms with van der Waals surface area (Å²) in [6.07, 6.45) is 0. The Morgan fingerprint density at radius 1 is 0.438 bits per heavy atom. The normalized spacial score (nSPS) is 11.2. The second-order valence-electron chi connectivity index (χ2n) is 6.51. The Bertz CT molecular complexity index is 101. The predicted molar refractivity (Wildman–Crippen MR) is 76.7 cm³/mol. The first-order chi connectivity index (χ1) is 6.00. The van der Waals surface area contributed by atoms with Gasteiger partial charge in [-0.2, -0.15) is 0 Å². The van der Waals surface area contributed by atoms with Crippen LogP contribution in [0.5, 0.6) is 0 Å². The van der Waals surface area contributed by atoms with Crippen LogP contribution in [0.2, 0.25) is 58.9 Å². The van der Waals surface area contributed by atoms with Crippen molar-refractivity contribution >= 4 is 25.0 Å². The minimum atomic E-state index is -1.61. The molecule has 0 amide bonds. The second kappa shape index (κ2) is 10.5. The van der Waals surface area contributed by atoms with Crippen molar-refractivity contribution in [2.75, 3.05) is 0 Å². The summed E-state index contributed by atoms with van der Waals surface area (Å²) < 4.78 is 0. The largest absolute Gasteiger partial charge is 0.433 e. The summed E-state index contributed by atoms with van der Waals surface area (Å²) in [7, 11) is -4.83. The van der Waals surface area contributed by atoms with Crippen molar-refractivity contribution in [2.24, 2.45) is 0 Å². The molecule has 0 aliphatic carbocycles. The molecular formula is C9H30O3Si3Y. The molecule has 0 aromatic rings. The van der Waals surface area contributed by atoms with Gasteiger partial charge < -0.3 is 14.4 Å². The monoisotopic (exact) mass is 359 g/mol. The van der Waals surface area contributed by atoms with Crippen molar-refractivity contribution < 1.29 is 47.1 Å². The van der Waals surface area contributed by atoms with E-state index in [0.29, 0.717) is 0 Å². The Balaban J connectivity index is -0.0000000655. The summed E-state index contributed by atoms with van der Waals surface area (Å²) in [5, 5.41) is 0. The van der Waals surface area contributed by atoms with E-state index in [1.165, 1.54) is 0 Å². The number of hydrogen-bond acceptors (Lipinski definition) is 3. The Kier molecular flexibility index (Phi) is 17.3. The average molecular weight is 359 g/mol. The van der Waals surface area contributed by atoms with Crippen LogP contribution in [0.15, 0.2) is 0 Å². The van der Waals surface area contributed by atoms with E-state index in [1.54, 1.807) is 0 Å². The molecule has 0 aromatic heterocycles. The zero-order valence-electron chi connectivity index (χ0n) is 12.4. The van der Waals surface area contributed by atoms with Gasteiger partial charge >= 0.3 is 0 Å². The van der Waals surface area contributed by atoms with Crippen molar-refractivity contribution in [3.8, 4) is 0 Å². The molecule has 0 saturated carbocycles. The van der Waals surface area contributed by atoms with Gasteiger partial charge in [0.15, 0.2) is 25.0 Å². The number of hydrogen-bond donors (Lipinski definition) is 3. The molecule has 0 spiro atoms. The van der Waals surface area contributed by atoms with Crippen LogP contribution in [0, 0.1) is 0 Å².